The Morgan fingerprint density at radius 2 is 0.963 bits per heavy atom. The van der Waals surface area contributed by atoms with Gasteiger partial charge in [0, 0.05) is 0 Å². The van der Waals surface area contributed by atoms with Crippen LogP contribution in [-0.2, 0) is 29.8 Å². The number of aryl methyl sites for hydroxylation is 2. The zero-order chi connectivity index (χ0) is 39.3. The fourth-order valence-electron chi connectivity index (χ4n) is 5.63. The Kier molecular flexibility index (Phi) is 10.4. The van der Waals surface area contributed by atoms with Crippen LogP contribution >= 0.6 is 23.2 Å². The number of hydrazone groups is 2. The Morgan fingerprint density at radius 3 is 1.30 bits per heavy atom. The van der Waals surface area contributed by atoms with Crippen LogP contribution in [0.3, 0.4) is 0 Å². The molecule has 0 fully saturated rings. The molecular formula is C34H28Cl2N8O8S2. The number of nitrogens with zero attached hydrogens (tertiary/aromatic N) is 8. The molecule has 4 aromatic rings. The molecule has 2 aliphatic heterocycles. The van der Waals surface area contributed by atoms with Crippen LogP contribution < -0.4 is 10.0 Å². The number of carbonyl (C=O) groups excluding carboxylic acids is 2. The quantitative estimate of drug-likeness (QED) is 0.127. The molecule has 0 unspecified atom stereocenters. The molecule has 0 bridgehead atoms. The summed E-state index contributed by atoms with van der Waals surface area (Å²) in [5, 5.41) is 27.2. The van der Waals surface area contributed by atoms with Gasteiger partial charge in [0.25, 0.3) is 32.1 Å². The van der Waals surface area contributed by atoms with Crippen LogP contribution in [0.1, 0.15) is 25.0 Å². The fourth-order valence-corrected chi connectivity index (χ4v) is 7.02. The van der Waals surface area contributed by atoms with Crippen molar-refractivity contribution in [2.45, 2.75) is 49.6 Å². The lowest BCUT2D eigenvalue weighted by Gasteiger charge is -2.15. The van der Waals surface area contributed by atoms with E-state index in [1.807, 2.05) is 26.0 Å². The Bertz CT molecular complexity index is 2430. The molecule has 6 rings (SSSR count). The summed E-state index contributed by atoms with van der Waals surface area (Å²) in [6.07, 6.45) is 0. The van der Waals surface area contributed by atoms with Crippen molar-refractivity contribution < 1.29 is 35.5 Å². The molecule has 0 radical (unpaired) electrons. The molecule has 20 heteroatoms. The molecular weight excluding hydrogens is 783 g/mol. The summed E-state index contributed by atoms with van der Waals surface area (Å²) >= 11 is 12.4. The van der Waals surface area contributed by atoms with E-state index in [9.17, 15) is 35.5 Å². The Hall–Kier alpha value is -5.24. The summed E-state index contributed by atoms with van der Waals surface area (Å²) in [4.78, 5) is 25.5. The number of azo groups is 2. The first kappa shape index (κ1) is 38.5. The van der Waals surface area contributed by atoms with Gasteiger partial charge in [-0.05, 0) is 111 Å². The highest BCUT2D eigenvalue weighted by molar-refractivity contribution is 7.86. The van der Waals surface area contributed by atoms with E-state index in [1.54, 1.807) is 38.1 Å². The maximum absolute atomic E-state index is 13.2. The van der Waals surface area contributed by atoms with Crippen LogP contribution in [0, 0.1) is 13.8 Å². The summed E-state index contributed by atoms with van der Waals surface area (Å²) in [5.41, 5.74) is 4.92. The van der Waals surface area contributed by atoms with Crippen molar-refractivity contribution in [2.24, 2.45) is 30.7 Å². The third kappa shape index (κ3) is 7.70. The number of carbonyl (C=O) groups is 2. The number of amides is 2. The van der Waals surface area contributed by atoms with E-state index in [4.69, 9.17) is 23.2 Å². The maximum atomic E-state index is 13.2. The smallest absolute Gasteiger partial charge is 0.282 e. The molecule has 2 atom stereocenters. The Balaban J connectivity index is 1.15. The molecule has 2 heterocycles. The van der Waals surface area contributed by atoms with Crippen molar-refractivity contribution >= 4 is 89.4 Å². The molecule has 54 heavy (non-hydrogen) atoms. The van der Waals surface area contributed by atoms with Gasteiger partial charge < -0.3 is 0 Å². The van der Waals surface area contributed by atoms with Crippen LogP contribution in [0.4, 0.5) is 22.7 Å². The van der Waals surface area contributed by atoms with Crippen molar-refractivity contribution in [2.75, 3.05) is 10.0 Å². The third-order valence-electron chi connectivity index (χ3n) is 8.37. The van der Waals surface area contributed by atoms with E-state index in [1.165, 1.54) is 12.1 Å². The predicted molar refractivity (Wildman–Crippen MR) is 202 cm³/mol. The van der Waals surface area contributed by atoms with Gasteiger partial charge in [0.15, 0.2) is 12.1 Å². The topological polar surface area (TPSA) is 224 Å². The lowest BCUT2D eigenvalue weighted by atomic mass is 9.96. The molecule has 2 aliphatic rings. The van der Waals surface area contributed by atoms with Gasteiger partial charge in [-0.25, -0.2) is 0 Å². The molecule has 4 aromatic carbocycles. The van der Waals surface area contributed by atoms with Crippen LogP contribution in [0.15, 0.2) is 113 Å². The van der Waals surface area contributed by atoms with Crippen molar-refractivity contribution in [3.05, 3.63) is 94.0 Å². The fraction of sp³-hybridized carbons (Fsp3) is 0.176. The third-order valence-corrected chi connectivity index (χ3v) is 10.7. The Morgan fingerprint density at radius 1 is 0.593 bits per heavy atom. The minimum Gasteiger partial charge on any atom is -0.282 e. The number of halogens is 2. The maximum Gasteiger partial charge on any atom is 0.294 e. The molecule has 0 aliphatic carbocycles. The second-order valence-electron chi connectivity index (χ2n) is 12.2. The van der Waals surface area contributed by atoms with Gasteiger partial charge >= 0.3 is 0 Å². The SMILES string of the molecule is CC1=NN(c2cc(S(=O)(=O)O)ccc2Cl)C(=O)[C@H]1N=Nc1ccc(-c2ccc(N=N[C@@H]3C(=O)N(c4cc(S(=O)(=O)O)ccc4Cl)N=C3C)cc2C)c(C)c1. The van der Waals surface area contributed by atoms with Gasteiger partial charge in [-0.1, -0.05) is 35.3 Å². The van der Waals surface area contributed by atoms with Gasteiger partial charge in [-0.15, -0.1) is 0 Å². The van der Waals surface area contributed by atoms with Gasteiger partial charge in [-0.2, -0.15) is 57.5 Å². The predicted octanol–water partition coefficient (Wildman–Crippen LogP) is 7.52. The number of hydrogen-bond donors (Lipinski definition) is 2. The molecule has 0 aromatic heterocycles. The molecule has 278 valence electrons. The first-order chi connectivity index (χ1) is 25.3. The first-order valence-electron chi connectivity index (χ1n) is 15.7. The molecule has 16 nitrogen and oxygen atoms in total. The van der Waals surface area contributed by atoms with Crippen LogP contribution in [0.2, 0.25) is 10.0 Å². The molecule has 0 saturated heterocycles. The monoisotopic (exact) mass is 810 g/mol. The van der Waals surface area contributed by atoms with E-state index in [0.29, 0.717) is 22.8 Å². The molecule has 2 amide bonds. The standard InChI is InChI=1S/C34H28Cl2N8O8S2/c1-17-13-21(37-39-31-19(3)41-43(33(31)45)29-15-23(53(47,48)49)7-11-27(29)35)5-9-25(17)26-10-6-22(14-18(26)2)38-40-32-20(4)42-44(34(32)46)30-16-24(54(50,51)52)8-12-28(30)36/h5-16,31-32H,1-4H3,(H,47,48,49)(H,50,51,52)/t31-,32-/m0/s1. The second-order valence-corrected chi connectivity index (χ2v) is 15.9. The lowest BCUT2D eigenvalue weighted by Crippen LogP contribution is -2.30. The van der Waals surface area contributed by atoms with Gasteiger partial charge in [-0.3, -0.25) is 18.7 Å². The highest BCUT2D eigenvalue weighted by Gasteiger charge is 2.37. The van der Waals surface area contributed by atoms with E-state index >= 15 is 0 Å². The van der Waals surface area contributed by atoms with Crippen molar-refractivity contribution in [3.8, 4) is 11.1 Å². The van der Waals surface area contributed by atoms with Crippen LogP contribution in [-0.4, -0.2) is 61.3 Å². The number of rotatable bonds is 9. The number of hydrogen-bond acceptors (Lipinski definition) is 12. The highest BCUT2D eigenvalue weighted by atomic mass is 35.5. The minimum atomic E-state index is -4.55. The number of benzene rings is 4. The normalized spacial score (nSPS) is 18.0. The number of anilines is 2. The van der Waals surface area contributed by atoms with Crippen molar-refractivity contribution in [3.63, 3.8) is 0 Å². The van der Waals surface area contributed by atoms with Crippen LogP contribution in [0.5, 0.6) is 0 Å². The van der Waals surface area contributed by atoms with E-state index in [-0.39, 0.29) is 21.4 Å². The van der Waals surface area contributed by atoms with Crippen LogP contribution in [0.25, 0.3) is 11.1 Å². The lowest BCUT2D eigenvalue weighted by molar-refractivity contribution is -0.118. The summed E-state index contributed by atoms with van der Waals surface area (Å²) < 4.78 is 65.4. The summed E-state index contributed by atoms with van der Waals surface area (Å²) in [6.45, 7) is 6.92. The van der Waals surface area contributed by atoms with E-state index < -0.39 is 53.9 Å². The Labute approximate surface area is 319 Å². The minimum absolute atomic E-state index is 0.0351. The first-order valence-corrected chi connectivity index (χ1v) is 19.3. The van der Waals surface area contributed by atoms with E-state index in [0.717, 1.165) is 56.5 Å². The van der Waals surface area contributed by atoms with Crippen molar-refractivity contribution in [1.82, 2.24) is 0 Å². The largest absolute Gasteiger partial charge is 0.294 e. The van der Waals surface area contributed by atoms with Gasteiger partial charge in [0.2, 0.25) is 0 Å². The molecule has 2 N–H and O–H groups in total. The summed E-state index contributed by atoms with van der Waals surface area (Å²) in [6, 6.07) is 15.3. The zero-order valence-corrected chi connectivity index (χ0v) is 31.7. The van der Waals surface area contributed by atoms with Crippen molar-refractivity contribution in [1.29, 1.82) is 0 Å². The highest BCUT2D eigenvalue weighted by Crippen LogP contribution is 2.36. The van der Waals surface area contributed by atoms with Gasteiger partial charge in [0.1, 0.15) is 0 Å². The van der Waals surface area contributed by atoms with E-state index in [2.05, 4.69) is 30.7 Å². The second kappa shape index (κ2) is 14.5. The average molecular weight is 812 g/mol. The summed E-state index contributed by atoms with van der Waals surface area (Å²) in [7, 11) is -9.11. The zero-order valence-electron chi connectivity index (χ0n) is 28.6. The van der Waals surface area contributed by atoms with Gasteiger partial charge in [0.05, 0.1) is 54.0 Å². The molecule has 0 saturated carbocycles. The summed E-state index contributed by atoms with van der Waals surface area (Å²) in [5.74, 6) is -1.22. The molecule has 0 spiro atoms. The average Bonchev–Trinajstić information content (AvgIpc) is 3.54.